The number of nitrogens with zero attached hydrogens (tertiary/aromatic N) is 1. The van der Waals surface area contributed by atoms with Crippen molar-refractivity contribution >= 4 is 28.5 Å². The molecule has 0 saturated heterocycles. The highest BCUT2D eigenvalue weighted by Crippen LogP contribution is 2.24. The van der Waals surface area contributed by atoms with Gasteiger partial charge in [-0.25, -0.2) is 0 Å². The van der Waals surface area contributed by atoms with Gasteiger partial charge in [-0.15, -0.1) is 0 Å². The maximum absolute atomic E-state index is 12.1. The van der Waals surface area contributed by atoms with Crippen LogP contribution in [-0.4, -0.2) is 11.1 Å². The number of carbonyl (C=O) groups is 1. The summed E-state index contributed by atoms with van der Waals surface area (Å²) in [4.78, 5) is 12.1. The molecule has 1 aromatic heterocycles. The number of amides is 1. The van der Waals surface area contributed by atoms with Crippen LogP contribution in [0.25, 0.3) is 11.0 Å². The monoisotopic (exact) mass is 328 g/mol. The summed E-state index contributed by atoms with van der Waals surface area (Å²) < 4.78 is 5.37. The summed E-state index contributed by atoms with van der Waals surface area (Å²) in [5.41, 5.74) is 4.57. The minimum atomic E-state index is -0.0886. The molecule has 0 unspecified atom stereocenters. The van der Waals surface area contributed by atoms with Crippen LogP contribution in [0.4, 0.5) is 0 Å². The third-order valence-corrected chi connectivity index (χ3v) is 3.96. The van der Waals surface area contributed by atoms with Crippen LogP contribution in [0.3, 0.4) is 0 Å². The smallest absolute Gasteiger partial charge is 0.226 e. The molecule has 4 nitrogen and oxygen atoms in total. The summed E-state index contributed by atoms with van der Waals surface area (Å²) >= 11 is 5.84. The fourth-order valence-electron chi connectivity index (χ4n) is 2.58. The maximum Gasteiger partial charge on any atom is 0.226 e. The lowest BCUT2D eigenvalue weighted by atomic mass is 10.1. The minimum Gasteiger partial charge on any atom is -0.356 e. The lowest BCUT2D eigenvalue weighted by Gasteiger charge is -2.04. The van der Waals surface area contributed by atoms with E-state index in [0.29, 0.717) is 17.3 Å². The van der Waals surface area contributed by atoms with Crippen molar-refractivity contribution in [3.63, 3.8) is 0 Å². The fraction of sp³-hybridized carbons (Fsp3) is 0.222. The van der Waals surface area contributed by atoms with Crippen molar-refractivity contribution in [2.75, 3.05) is 0 Å². The van der Waals surface area contributed by atoms with E-state index in [9.17, 15) is 4.79 Å². The standard InChI is InChI=1S/C18H17ClN2O2/c1-11-7-12(2)18-15(8-11)16(21-23-18)9-17(22)20-10-13-3-5-14(19)6-4-13/h3-8H,9-10H2,1-2H3,(H,20,22). The molecule has 1 amide bonds. The van der Waals surface area contributed by atoms with Crippen LogP contribution in [0.2, 0.25) is 5.02 Å². The second-order valence-electron chi connectivity index (χ2n) is 5.67. The van der Waals surface area contributed by atoms with E-state index in [1.54, 1.807) is 12.1 Å². The van der Waals surface area contributed by atoms with Gasteiger partial charge in [-0.1, -0.05) is 35.0 Å². The van der Waals surface area contributed by atoms with Crippen LogP contribution >= 0.6 is 11.6 Å². The largest absolute Gasteiger partial charge is 0.356 e. The molecule has 0 atom stereocenters. The molecule has 0 saturated carbocycles. The lowest BCUT2D eigenvalue weighted by Crippen LogP contribution is -2.24. The number of hydrogen-bond donors (Lipinski definition) is 1. The summed E-state index contributed by atoms with van der Waals surface area (Å²) in [6.07, 6.45) is 0.198. The van der Waals surface area contributed by atoms with Gasteiger partial charge in [0.1, 0.15) is 5.69 Å². The number of halogens is 1. The Bertz CT molecular complexity index is 853. The zero-order valence-electron chi connectivity index (χ0n) is 13.0. The molecule has 0 bridgehead atoms. The molecule has 0 fully saturated rings. The molecule has 1 heterocycles. The minimum absolute atomic E-state index is 0.0886. The Labute approximate surface area is 139 Å². The number of fused-ring (bicyclic) bond motifs is 1. The normalized spacial score (nSPS) is 10.9. The van der Waals surface area contributed by atoms with Gasteiger partial charge in [-0.2, -0.15) is 0 Å². The van der Waals surface area contributed by atoms with E-state index < -0.39 is 0 Å². The third-order valence-electron chi connectivity index (χ3n) is 3.71. The first-order valence-corrected chi connectivity index (χ1v) is 7.77. The highest BCUT2D eigenvalue weighted by Gasteiger charge is 2.14. The molecule has 1 N–H and O–H groups in total. The van der Waals surface area contributed by atoms with Crippen LogP contribution < -0.4 is 5.32 Å². The van der Waals surface area contributed by atoms with E-state index >= 15 is 0 Å². The Balaban J connectivity index is 1.69. The average Bonchev–Trinajstić information content (AvgIpc) is 2.90. The second kappa shape index (κ2) is 6.42. The summed E-state index contributed by atoms with van der Waals surface area (Å²) in [5.74, 6) is -0.0886. The number of hydrogen-bond acceptors (Lipinski definition) is 3. The van der Waals surface area contributed by atoms with Gasteiger partial charge in [0.15, 0.2) is 5.58 Å². The lowest BCUT2D eigenvalue weighted by molar-refractivity contribution is -0.120. The van der Waals surface area contributed by atoms with E-state index in [-0.39, 0.29) is 12.3 Å². The number of aromatic nitrogens is 1. The van der Waals surface area contributed by atoms with Crippen molar-refractivity contribution in [3.05, 3.63) is 63.8 Å². The molecule has 3 rings (SSSR count). The van der Waals surface area contributed by atoms with Crippen LogP contribution in [0.15, 0.2) is 40.9 Å². The molecule has 0 aliphatic heterocycles. The van der Waals surface area contributed by atoms with Crippen molar-refractivity contribution in [1.82, 2.24) is 10.5 Å². The van der Waals surface area contributed by atoms with Crippen molar-refractivity contribution in [3.8, 4) is 0 Å². The zero-order valence-corrected chi connectivity index (χ0v) is 13.8. The van der Waals surface area contributed by atoms with Gasteiger partial charge in [0, 0.05) is 17.0 Å². The Hall–Kier alpha value is -2.33. The molecule has 0 aliphatic carbocycles. The average molecular weight is 329 g/mol. The second-order valence-corrected chi connectivity index (χ2v) is 6.10. The number of benzene rings is 2. The highest BCUT2D eigenvalue weighted by atomic mass is 35.5. The van der Waals surface area contributed by atoms with Crippen LogP contribution in [0.5, 0.6) is 0 Å². The molecule has 0 spiro atoms. The van der Waals surface area contributed by atoms with Gasteiger partial charge in [-0.05, 0) is 48.7 Å². The van der Waals surface area contributed by atoms with Gasteiger partial charge < -0.3 is 9.84 Å². The Kier molecular flexibility index (Phi) is 4.35. The first kappa shape index (κ1) is 15.6. The van der Waals surface area contributed by atoms with E-state index in [1.165, 1.54) is 0 Å². The third kappa shape index (κ3) is 3.54. The highest BCUT2D eigenvalue weighted by molar-refractivity contribution is 6.30. The van der Waals surface area contributed by atoms with Gasteiger partial charge in [0.25, 0.3) is 0 Å². The molecule has 2 aromatic carbocycles. The molecule has 0 radical (unpaired) electrons. The fourth-order valence-corrected chi connectivity index (χ4v) is 2.71. The van der Waals surface area contributed by atoms with Crippen molar-refractivity contribution in [1.29, 1.82) is 0 Å². The van der Waals surface area contributed by atoms with Crippen LogP contribution in [-0.2, 0) is 17.8 Å². The molecule has 3 aromatic rings. The summed E-state index contributed by atoms with van der Waals surface area (Å²) in [6.45, 7) is 4.46. The Morgan fingerprint density at radius 2 is 1.96 bits per heavy atom. The summed E-state index contributed by atoms with van der Waals surface area (Å²) in [5, 5.41) is 8.52. The SMILES string of the molecule is Cc1cc(C)c2onc(CC(=O)NCc3ccc(Cl)cc3)c2c1. The molecular weight excluding hydrogens is 312 g/mol. The molecule has 118 valence electrons. The number of rotatable bonds is 4. The number of nitrogens with one attached hydrogen (secondary N) is 1. The van der Waals surface area contributed by atoms with Crippen LogP contribution in [0.1, 0.15) is 22.4 Å². The predicted molar refractivity (Wildman–Crippen MR) is 90.5 cm³/mol. The Morgan fingerprint density at radius 3 is 2.70 bits per heavy atom. The first-order chi connectivity index (χ1) is 11.0. The topological polar surface area (TPSA) is 55.1 Å². The number of aryl methyl sites for hydroxylation is 2. The van der Waals surface area contributed by atoms with E-state index in [4.69, 9.17) is 16.1 Å². The quantitative estimate of drug-likeness (QED) is 0.788. The van der Waals surface area contributed by atoms with Gasteiger partial charge >= 0.3 is 0 Å². The predicted octanol–water partition coefficient (Wildman–Crippen LogP) is 3.96. The maximum atomic E-state index is 12.1. The van der Waals surface area contributed by atoms with Crippen molar-refractivity contribution < 1.29 is 9.32 Å². The van der Waals surface area contributed by atoms with Gasteiger partial charge in [-0.3, -0.25) is 4.79 Å². The van der Waals surface area contributed by atoms with Crippen LogP contribution in [0, 0.1) is 13.8 Å². The Morgan fingerprint density at radius 1 is 1.22 bits per heavy atom. The van der Waals surface area contributed by atoms with Gasteiger partial charge in [0.2, 0.25) is 5.91 Å². The summed E-state index contributed by atoms with van der Waals surface area (Å²) in [7, 11) is 0. The van der Waals surface area contributed by atoms with E-state index in [2.05, 4.69) is 10.5 Å². The van der Waals surface area contributed by atoms with Crippen molar-refractivity contribution in [2.45, 2.75) is 26.8 Å². The molecular formula is C18H17ClN2O2. The molecule has 5 heteroatoms. The molecule has 0 aliphatic rings. The summed E-state index contributed by atoms with van der Waals surface area (Å²) in [6, 6.07) is 11.4. The zero-order chi connectivity index (χ0) is 16.4. The number of carbonyl (C=O) groups excluding carboxylic acids is 1. The van der Waals surface area contributed by atoms with Gasteiger partial charge in [0.05, 0.1) is 6.42 Å². The van der Waals surface area contributed by atoms with E-state index in [0.717, 1.165) is 27.7 Å². The first-order valence-electron chi connectivity index (χ1n) is 7.39. The van der Waals surface area contributed by atoms with E-state index in [1.807, 2.05) is 38.1 Å². The van der Waals surface area contributed by atoms with Crippen molar-refractivity contribution in [2.24, 2.45) is 0 Å². The molecule has 23 heavy (non-hydrogen) atoms.